The van der Waals surface area contributed by atoms with Crippen LogP contribution < -0.4 is 14.9 Å². The quantitative estimate of drug-likeness (QED) is 0.104. The zero-order valence-corrected chi connectivity index (χ0v) is 35.5. The van der Waals surface area contributed by atoms with Gasteiger partial charge in [-0.3, -0.25) is 9.69 Å². The third-order valence-corrected chi connectivity index (χ3v) is 12.9. The number of nitrogens with one attached hydrogen (secondary N) is 2. The van der Waals surface area contributed by atoms with Crippen molar-refractivity contribution >= 4 is 21.9 Å². The number of rotatable bonds is 15. The van der Waals surface area contributed by atoms with Gasteiger partial charge in [0.05, 0.1) is 23.7 Å². The minimum absolute atomic E-state index is 0.0224. The van der Waals surface area contributed by atoms with Crippen LogP contribution in [-0.4, -0.2) is 79.2 Å². The Labute approximate surface area is 363 Å². The summed E-state index contributed by atoms with van der Waals surface area (Å²) in [4.78, 5) is 27.4. The van der Waals surface area contributed by atoms with Crippen molar-refractivity contribution in [2.24, 2.45) is 0 Å². The minimum atomic E-state index is -3.97. The fraction of sp³-hybridized carbons (Fsp3) is 0.286. The molecule has 0 spiro atoms. The van der Waals surface area contributed by atoms with Crippen LogP contribution in [0.5, 0.6) is 0 Å². The number of carbonyl (C=O) groups is 1. The van der Waals surface area contributed by atoms with Crippen LogP contribution in [0.2, 0.25) is 0 Å². The molecule has 3 heterocycles. The first kappa shape index (κ1) is 42.9. The van der Waals surface area contributed by atoms with Crippen LogP contribution in [0.1, 0.15) is 52.2 Å². The summed E-state index contributed by atoms with van der Waals surface area (Å²) in [7, 11) is -3.97. The first-order chi connectivity index (χ1) is 30.2. The number of amides is 1. The Balaban J connectivity index is 0.961. The van der Waals surface area contributed by atoms with Crippen molar-refractivity contribution < 1.29 is 27.8 Å². The van der Waals surface area contributed by atoms with E-state index in [0.717, 1.165) is 83.2 Å². The van der Waals surface area contributed by atoms with Crippen molar-refractivity contribution in [1.29, 1.82) is 0 Å². The molecule has 2 saturated heterocycles. The molecule has 0 bridgehead atoms. The topological polar surface area (TPSA) is 146 Å². The lowest BCUT2D eigenvalue weighted by molar-refractivity contribution is -0.253. The van der Waals surface area contributed by atoms with E-state index in [1.54, 1.807) is 36.7 Å². The first-order valence-electron chi connectivity index (χ1n) is 21.0. The van der Waals surface area contributed by atoms with E-state index in [-0.39, 0.29) is 36.7 Å². The van der Waals surface area contributed by atoms with E-state index in [2.05, 4.69) is 35.9 Å². The maximum atomic E-state index is 13.8. The Morgan fingerprint density at radius 2 is 1.45 bits per heavy atom. The van der Waals surface area contributed by atoms with Gasteiger partial charge in [-0.1, -0.05) is 109 Å². The predicted molar refractivity (Wildman–Crippen MR) is 238 cm³/mol. The van der Waals surface area contributed by atoms with Crippen molar-refractivity contribution in [3.63, 3.8) is 0 Å². The lowest BCUT2D eigenvalue weighted by Crippen LogP contribution is -2.50. The van der Waals surface area contributed by atoms with Gasteiger partial charge in [-0.05, 0) is 77.1 Å². The molecule has 1 amide bonds. The summed E-state index contributed by atoms with van der Waals surface area (Å²) in [6, 6.07) is 40.7. The standard InChI is InChI=1S/C49H52N6O6S/c1-35-14-20-44(21-15-35)62(58,59)53-45(29-36-8-3-2-4-9-36)47(57)52-32-38-10-5-11-40(28-38)41-12-6-13-42(30-41)48-60-43(31-46(61-48)39-18-16-37(34-56)17-19-39)33-54-24-26-55(27-25-54)49-50-22-7-23-51-49/h2-23,28,30,43,45-46,48,53,56H,24-27,29,31-34H2,1H3,(H,52,57)/t43-,45-,46+,48+/m1/s1. The number of aliphatic hydroxyl groups excluding tert-OH is 1. The van der Waals surface area contributed by atoms with Gasteiger partial charge >= 0.3 is 0 Å². The summed E-state index contributed by atoms with van der Waals surface area (Å²) in [5.74, 6) is 0.328. The molecule has 5 aromatic carbocycles. The largest absolute Gasteiger partial charge is 0.392 e. The van der Waals surface area contributed by atoms with Crippen molar-refractivity contribution in [1.82, 2.24) is 24.9 Å². The van der Waals surface area contributed by atoms with Gasteiger partial charge in [0.25, 0.3) is 0 Å². The smallest absolute Gasteiger partial charge is 0.241 e. The average molecular weight is 853 g/mol. The predicted octanol–water partition coefficient (Wildman–Crippen LogP) is 6.52. The number of piperazine rings is 1. The molecule has 2 aliphatic rings. The zero-order valence-electron chi connectivity index (χ0n) is 34.7. The summed E-state index contributed by atoms with van der Waals surface area (Å²) in [6.45, 7) is 6.20. The van der Waals surface area contributed by atoms with Gasteiger partial charge in [-0.15, -0.1) is 0 Å². The molecule has 6 aromatic rings. The summed E-state index contributed by atoms with van der Waals surface area (Å²) in [5, 5.41) is 12.7. The van der Waals surface area contributed by atoms with E-state index in [1.807, 2.05) is 110 Å². The van der Waals surface area contributed by atoms with Gasteiger partial charge in [-0.2, -0.15) is 4.72 Å². The van der Waals surface area contributed by atoms with E-state index >= 15 is 0 Å². The lowest BCUT2D eigenvalue weighted by Gasteiger charge is -2.40. The van der Waals surface area contributed by atoms with Crippen LogP contribution in [0, 0.1) is 6.92 Å². The van der Waals surface area contributed by atoms with Crippen LogP contribution in [0.4, 0.5) is 5.95 Å². The van der Waals surface area contributed by atoms with E-state index in [0.29, 0.717) is 6.42 Å². The molecular formula is C49H52N6O6S. The van der Waals surface area contributed by atoms with Gasteiger partial charge in [0.1, 0.15) is 6.04 Å². The number of sulfonamides is 1. The highest BCUT2D eigenvalue weighted by atomic mass is 32.2. The highest BCUT2D eigenvalue weighted by molar-refractivity contribution is 7.89. The Morgan fingerprint density at radius 3 is 2.18 bits per heavy atom. The van der Waals surface area contributed by atoms with E-state index in [9.17, 15) is 18.3 Å². The van der Waals surface area contributed by atoms with Gasteiger partial charge in [0.15, 0.2) is 6.29 Å². The Kier molecular flexibility index (Phi) is 13.8. The SMILES string of the molecule is Cc1ccc(S(=O)(=O)N[C@H](Cc2ccccc2)C(=O)NCc2cccc(-c3cccc([C@H]4O[C@@H](CN5CCN(c6ncccn6)CC5)C[C@@H](c5ccc(CO)cc5)O4)c3)c2)cc1. The molecule has 4 atom stereocenters. The fourth-order valence-corrected chi connectivity index (χ4v) is 9.15. The second-order valence-electron chi connectivity index (χ2n) is 15.9. The summed E-state index contributed by atoms with van der Waals surface area (Å²) >= 11 is 0. The number of hydrogen-bond acceptors (Lipinski definition) is 10. The maximum absolute atomic E-state index is 13.8. The molecule has 2 aliphatic heterocycles. The third-order valence-electron chi connectivity index (χ3n) is 11.4. The molecule has 13 heteroatoms. The molecule has 320 valence electrons. The van der Waals surface area contributed by atoms with Crippen LogP contribution in [0.3, 0.4) is 0 Å². The lowest BCUT2D eigenvalue weighted by atomic mass is 9.98. The van der Waals surface area contributed by atoms with Crippen molar-refractivity contribution in [3.05, 3.63) is 179 Å². The van der Waals surface area contributed by atoms with Gasteiger partial charge in [0, 0.05) is 63.6 Å². The Bertz CT molecular complexity index is 2500. The van der Waals surface area contributed by atoms with Crippen molar-refractivity contribution in [2.75, 3.05) is 37.6 Å². The molecular weight excluding hydrogens is 801 g/mol. The Hall–Kier alpha value is -5.80. The maximum Gasteiger partial charge on any atom is 0.241 e. The zero-order chi connectivity index (χ0) is 42.9. The number of anilines is 1. The number of aromatic nitrogens is 2. The van der Waals surface area contributed by atoms with E-state index < -0.39 is 28.3 Å². The van der Waals surface area contributed by atoms with Crippen LogP contribution in [0.25, 0.3) is 11.1 Å². The van der Waals surface area contributed by atoms with Crippen molar-refractivity contribution in [2.45, 2.75) is 62.4 Å². The number of aliphatic hydroxyl groups is 1. The number of nitrogens with zero attached hydrogens (tertiary/aromatic N) is 4. The number of carbonyl (C=O) groups excluding carboxylic acids is 1. The monoisotopic (exact) mass is 852 g/mol. The number of aryl methyl sites for hydroxylation is 1. The number of hydrogen-bond donors (Lipinski definition) is 3. The molecule has 8 rings (SSSR count). The molecule has 62 heavy (non-hydrogen) atoms. The normalized spacial score (nSPS) is 18.9. The fourth-order valence-electron chi connectivity index (χ4n) is 7.95. The number of benzene rings is 5. The summed E-state index contributed by atoms with van der Waals surface area (Å²) < 4.78 is 43.0. The summed E-state index contributed by atoms with van der Waals surface area (Å²) in [6.07, 6.45) is 3.49. The van der Waals surface area contributed by atoms with E-state index in [4.69, 9.17) is 9.47 Å². The van der Waals surface area contributed by atoms with E-state index in [1.165, 1.54) is 0 Å². The number of ether oxygens (including phenoxy) is 2. The minimum Gasteiger partial charge on any atom is -0.392 e. The first-order valence-corrected chi connectivity index (χ1v) is 22.5. The molecule has 2 fully saturated rings. The van der Waals surface area contributed by atoms with Crippen LogP contribution >= 0.6 is 0 Å². The van der Waals surface area contributed by atoms with Crippen LogP contribution in [-0.2, 0) is 43.9 Å². The van der Waals surface area contributed by atoms with Crippen LogP contribution in [0.15, 0.2) is 151 Å². The highest BCUT2D eigenvalue weighted by Gasteiger charge is 2.34. The van der Waals surface area contributed by atoms with Gasteiger partial charge < -0.3 is 24.8 Å². The third kappa shape index (κ3) is 11.0. The average Bonchev–Trinajstić information content (AvgIpc) is 3.31. The second-order valence-corrected chi connectivity index (χ2v) is 17.6. The molecule has 1 aromatic heterocycles. The second kappa shape index (κ2) is 19.9. The molecule has 0 aliphatic carbocycles. The molecule has 12 nitrogen and oxygen atoms in total. The molecule has 0 radical (unpaired) electrons. The molecule has 0 unspecified atom stereocenters. The Morgan fingerprint density at radius 1 is 0.758 bits per heavy atom. The highest BCUT2D eigenvalue weighted by Crippen LogP contribution is 2.39. The van der Waals surface area contributed by atoms with Gasteiger partial charge in [-0.25, -0.2) is 18.4 Å². The van der Waals surface area contributed by atoms with Gasteiger partial charge in [0.2, 0.25) is 21.9 Å². The molecule has 0 saturated carbocycles. The summed E-state index contributed by atoms with van der Waals surface area (Å²) in [5.41, 5.74) is 7.30. The van der Waals surface area contributed by atoms with Crippen molar-refractivity contribution in [3.8, 4) is 11.1 Å². The molecule has 3 N–H and O–H groups in total.